The van der Waals surface area contributed by atoms with Crippen LogP contribution in [0.2, 0.25) is 0 Å². The third-order valence-corrected chi connectivity index (χ3v) is 9.76. The Morgan fingerprint density at radius 1 is 0.442 bits per heavy atom. The molecule has 0 amide bonds. The zero-order valence-electron chi connectivity index (χ0n) is 23.3. The van der Waals surface area contributed by atoms with Crippen molar-refractivity contribution in [2.45, 2.75) is 0 Å². The Kier molecular flexibility index (Phi) is 5.40. The molecule has 0 atom stereocenters. The minimum Gasteiger partial charge on any atom is -0.309 e. The molecule has 0 aliphatic heterocycles. The summed E-state index contributed by atoms with van der Waals surface area (Å²) in [7, 11) is 0. The van der Waals surface area contributed by atoms with Gasteiger partial charge in [-0.3, -0.25) is 0 Å². The van der Waals surface area contributed by atoms with Crippen LogP contribution >= 0.6 is 11.3 Å². The van der Waals surface area contributed by atoms with Crippen LogP contribution in [0.1, 0.15) is 0 Å². The molecule has 0 aliphatic carbocycles. The minimum atomic E-state index is 1.14. The summed E-state index contributed by atoms with van der Waals surface area (Å²) in [5.74, 6) is 0. The van der Waals surface area contributed by atoms with Crippen LogP contribution in [0.4, 0.5) is 17.1 Å². The number of hydrogen-bond acceptors (Lipinski definition) is 2. The maximum atomic E-state index is 2.45. The third kappa shape index (κ3) is 3.65. The van der Waals surface area contributed by atoms with E-state index in [0.29, 0.717) is 0 Å². The number of thiophene rings is 1. The molecule has 202 valence electrons. The van der Waals surface area contributed by atoms with Crippen LogP contribution < -0.4 is 4.90 Å². The number of fused-ring (bicyclic) bond motifs is 7. The molecule has 0 bridgehead atoms. The molecule has 43 heavy (non-hydrogen) atoms. The second kappa shape index (κ2) is 9.59. The summed E-state index contributed by atoms with van der Waals surface area (Å²) in [5.41, 5.74) is 7.19. The number of hydrogen-bond donors (Lipinski definition) is 0. The number of aromatic nitrogens is 1. The van der Waals surface area contributed by atoms with E-state index in [1.807, 2.05) is 11.3 Å². The molecule has 7 aromatic carbocycles. The number of rotatable bonds is 4. The highest BCUT2D eigenvalue weighted by Gasteiger charge is 2.21. The Hall–Kier alpha value is -5.38. The predicted octanol–water partition coefficient (Wildman–Crippen LogP) is 11.8. The van der Waals surface area contributed by atoms with Crippen LogP contribution in [0.5, 0.6) is 0 Å². The van der Waals surface area contributed by atoms with Gasteiger partial charge in [0.25, 0.3) is 0 Å². The van der Waals surface area contributed by atoms with Crippen LogP contribution in [-0.4, -0.2) is 4.57 Å². The van der Waals surface area contributed by atoms with Gasteiger partial charge in [0, 0.05) is 37.3 Å². The van der Waals surface area contributed by atoms with E-state index in [4.69, 9.17) is 0 Å². The molecule has 2 heterocycles. The molecule has 9 rings (SSSR count). The largest absolute Gasteiger partial charge is 0.309 e. The molecule has 0 aliphatic rings. The van der Waals surface area contributed by atoms with Crippen molar-refractivity contribution in [1.82, 2.24) is 4.57 Å². The Bertz CT molecular complexity index is 2410. The lowest BCUT2D eigenvalue weighted by Crippen LogP contribution is -2.10. The van der Waals surface area contributed by atoms with Gasteiger partial charge in [-0.25, -0.2) is 0 Å². The fourth-order valence-corrected chi connectivity index (χ4v) is 7.97. The second-order valence-corrected chi connectivity index (χ2v) is 12.0. The molecule has 2 nitrogen and oxygen atoms in total. The summed E-state index contributed by atoms with van der Waals surface area (Å²) >= 11 is 1.88. The first-order valence-electron chi connectivity index (χ1n) is 14.6. The third-order valence-electron chi connectivity index (χ3n) is 8.56. The van der Waals surface area contributed by atoms with E-state index in [1.165, 1.54) is 69.8 Å². The van der Waals surface area contributed by atoms with Crippen molar-refractivity contribution < 1.29 is 0 Å². The van der Waals surface area contributed by atoms with Gasteiger partial charge in [-0.15, -0.1) is 11.3 Å². The second-order valence-electron chi connectivity index (χ2n) is 10.9. The van der Waals surface area contributed by atoms with Crippen molar-refractivity contribution in [2.75, 3.05) is 4.90 Å². The van der Waals surface area contributed by atoms with Crippen molar-refractivity contribution in [3.63, 3.8) is 0 Å². The van der Waals surface area contributed by atoms with Gasteiger partial charge in [0.15, 0.2) is 0 Å². The molecule has 0 fully saturated rings. The zero-order valence-corrected chi connectivity index (χ0v) is 24.1. The molecule has 0 N–H and O–H groups in total. The van der Waals surface area contributed by atoms with E-state index in [1.54, 1.807) is 0 Å². The number of para-hydroxylation sites is 3. The van der Waals surface area contributed by atoms with Gasteiger partial charge in [-0.05, 0) is 53.9 Å². The molecule has 0 saturated carbocycles. The summed E-state index contributed by atoms with van der Waals surface area (Å²) in [5, 5.41) is 7.59. The summed E-state index contributed by atoms with van der Waals surface area (Å²) in [6.45, 7) is 0. The van der Waals surface area contributed by atoms with Gasteiger partial charge < -0.3 is 9.47 Å². The molecule has 0 spiro atoms. The van der Waals surface area contributed by atoms with Crippen LogP contribution in [0.15, 0.2) is 158 Å². The van der Waals surface area contributed by atoms with Crippen molar-refractivity contribution in [3.05, 3.63) is 158 Å². The summed E-state index contributed by atoms with van der Waals surface area (Å²) in [6.07, 6.45) is 0. The van der Waals surface area contributed by atoms with Crippen molar-refractivity contribution >= 4 is 81.1 Å². The Labute approximate surface area is 253 Å². The van der Waals surface area contributed by atoms with E-state index in [2.05, 4.69) is 167 Å². The highest BCUT2D eigenvalue weighted by atomic mass is 32.1. The van der Waals surface area contributed by atoms with E-state index >= 15 is 0 Å². The van der Waals surface area contributed by atoms with Crippen LogP contribution in [-0.2, 0) is 0 Å². The van der Waals surface area contributed by atoms with Gasteiger partial charge in [-0.1, -0.05) is 109 Å². The Morgan fingerprint density at radius 2 is 1.02 bits per heavy atom. The van der Waals surface area contributed by atoms with Gasteiger partial charge in [0.1, 0.15) is 0 Å². The fraction of sp³-hybridized carbons (Fsp3) is 0. The summed E-state index contributed by atoms with van der Waals surface area (Å²) in [4.78, 5) is 2.43. The quantitative estimate of drug-likeness (QED) is 0.206. The SMILES string of the molecule is c1ccc(N(c2cccc3ccccc23)c2cccc3c2sc2cccc(-n4c5ccccc5c5ccccc54)c23)cc1. The number of anilines is 3. The van der Waals surface area contributed by atoms with E-state index in [-0.39, 0.29) is 0 Å². The summed E-state index contributed by atoms with van der Waals surface area (Å²) < 4.78 is 5.01. The van der Waals surface area contributed by atoms with Crippen molar-refractivity contribution in [3.8, 4) is 5.69 Å². The molecular weight excluding hydrogens is 541 g/mol. The highest BCUT2D eigenvalue weighted by molar-refractivity contribution is 7.26. The standard InChI is InChI=1S/C40H26N2S/c1-2-15-28(16-3-1)41(33-23-10-14-27-13-4-5-17-29(27)33)37-25-11-20-32-39-36(24-12-26-38(39)43-40(32)37)42-34-21-8-6-18-30(34)31-19-7-9-22-35(31)42/h1-26H. The Balaban J connectivity index is 1.37. The normalized spacial score (nSPS) is 11.7. The van der Waals surface area contributed by atoms with Crippen molar-refractivity contribution in [2.24, 2.45) is 0 Å². The molecular formula is C40H26N2S. The average molecular weight is 567 g/mol. The van der Waals surface area contributed by atoms with Crippen LogP contribution in [0, 0.1) is 0 Å². The first kappa shape index (κ1) is 24.2. The van der Waals surface area contributed by atoms with Gasteiger partial charge >= 0.3 is 0 Å². The topological polar surface area (TPSA) is 8.17 Å². The van der Waals surface area contributed by atoms with Crippen molar-refractivity contribution in [1.29, 1.82) is 0 Å². The van der Waals surface area contributed by atoms with Crippen LogP contribution in [0.3, 0.4) is 0 Å². The molecule has 0 saturated heterocycles. The lowest BCUT2D eigenvalue weighted by atomic mass is 10.1. The maximum Gasteiger partial charge on any atom is 0.0640 e. The van der Waals surface area contributed by atoms with Gasteiger partial charge in [0.2, 0.25) is 0 Å². The maximum absolute atomic E-state index is 2.45. The van der Waals surface area contributed by atoms with E-state index in [9.17, 15) is 0 Å². The Morgan fingerprint density at radius 3 is 1.81 bits per heavy atom. The molecule has 2 aromatic heterocycles. The predicted molar refractivity (Wildman–Crippen MR) is 186 cm³/mol. The molecule has 0 radical (unpaired) electrons. The number of benzene rings is 7. The lowest BCUT2D eigenvalue weighted by molar-refractivity contribution is 1.20. The molecule has 3 heteroatoms. The smallest absolute Gasteiger partial charge is 0.0640 e. The highest BCUT2D eigenvalue weighted by Crippen LogP contribution is 2.48. The number of nitrogens with zero attached hydrogens (tertiary/aromatic N) is 2. The zero-order chi connectivity index (χ0) is 28.3. The lowest BCUT2D eigenvalue weighted by Gasteiger charge is -2.27. The molecule has 0 unspecified atom stereocenters. The molecule has 9 aromatic rings. The first-order chi connectivity index (χ1) is 21.4. The average Bonchev–Trinajstić information content (AvgIpc) is 3.62. The minimum absolute atomic E-state index is 1.14. The van der Waals surface area contributed by atoms with Gasteiger partial charge in [0.05, 0.1) is 32.8 Å². The van der Waals surface area contributed by atoms with E-state index < -0.39 is 0 Å². The van der Waals surface area contributed by atoms with Crippen LogP contribution in [0.25, 0.3) is 58.4 Å². The first-order valence-corrected chi connectivity index (χ1v) is 15.4. The fourth-order valence-electron chi connectivity index (χ4n) is 6.75. The monoisotopic (exact) mass is 566 g/mol. The van der Waals surface area contributed by atoms with Gasteiger partial charge in [-0.2, -0.15) is 0 Å². The summed E-state index contributed by atoms with van der Waals surface area (Å²) in [6, 6.07) is 57.1. The van der Waals surface area contributed by atoms with E-state index in [0.717, 1.165) is 5.69 Å².